The molecule has 2 aromatic rings. The summed E-state index contributed by atoms with van der Waals surface area (Å²) < 4.78 is 5.64. The summed E-state index contributed by atoms with van der Waals surface area (Å²) in [6.45, 7) is 1.02. The summed E-state index contributed by atoms with van der Waals surface area (Å²) in [4.78, 5) is 12.8. The maximum atomic E-state index is 11.3. The molecule has 0 aliphatic rings. The Balaban J connectivity index is 1.93. The number of fused-ring (bicyclic) bond motifs is 1. The number of nitrogens with zero attached hydrogens (tertiary/aromatic N) is 1. The summed E-state index contributed by atoms with van der Waals surface area (Å²) in [5, 5.41) is 2.33. The third-order valence-electron chi connectivity index (χ3n) is 3.02. The lowest BCUT2D eigenvalue weighted by atomic mass is 10.1. The Morgan fingerprint density at radius 2 is 1.95 bits per heavy atom. The van der Waals surface area contributed by atoms with E-state index < -0.39 is 0 Å². The molecule has 100 valence electrons. The first-order valence-electron chi connectivity index (χ1n) is 6.26. The van der Waals surface area contributed by atoms with Gasteiger partial charge >= 0.3 is 0 Å². The predicted molar refractivity (Wildman–Crippen MR) is 76.1 cm³/mol. The number of ether oxygens (including phenoxy) is 1. The average molecular weight is 258 g/mol. The number of carbonyl (C=O) groups excluding carboxylic acids is 1. The van der Waals surface area contributed by atoms with Crippen molar-refractivity contribution >= 4 is 16.7 Å². The molecule has 0 aromatic heterocycles. The van der Waals surface area contributed by atoms with Gasteiger partial charge in [0.25, 0.3) is 0 Å². The molecule has 0 fully saturated rings. The number of rotatable bonds is 5. The molecule has 19 heavy (non-hydrogen) atoms. The lowest BCUT2D eigenvalue weighted by molar-refractivity contribution is -0.128. The summed E-state index contributed by atoms with van der Waals surface area (Å²) in [5.74, 6) is 0.731. The number of carbonyl (C=O) groups is 1. The van der Waals surface area contributed by atoms with E-state index in [9.17, 15) is 4.79 Å². The first-order chi connectivity index (χ1) is 9.20. The predicted octanol–water partition coefficient (Wildman–Crippen LogP) is 1.64. The minimum Gasteiger partial charge on any atom is -0.492 e. The molecule has 0 saturated carbocycles. The summed E-state index contributed by atoms with van der Waals surface area (Å²) >= 11 is 0. The van der Waals surface area contributed by atoms with Gasteiger partial charge in [0, 0.05) is 7.05 Å². The smallest absolute Gasteiger partial charge is 0.236 e. The Labute approximate surface area is 112 Å². The minimum atomic E-state index is -0.0814. The maximum absolute atomic E-state index is 11.3. The molecule has 0 saturated heterocycles. The van der Waals surface area contributed by atoms with Crippen LogP contribution in [0.25, 0.3) is 10.8 Å². The molecule has 0 bridgehead atoms. The number of hydrogen-bond donors (Lipinski definition) is 1. The minimum absolute atomic E-state index is 0.0342. The van der Waals surface area contributed by atoms with Gasteiger partial charge in [-0.25, -0.2) is 0 Å². The van der Waals surface area contributed by atoms with Gasteiger partial charge in [0.05, 0.1) is 13.1 Å². The van der Waals surface area contributed by atoms with Gasteiger partial charge in [-0.05, 0) is 22.9 Å². The zero-order valence-corrected chi connectivity index (χ0v) is 11.0. The molecule has 0 aliphatic carbocycles. The van der Waals surface area contributed by atoms with Crippen LogP contribution in [0.1, 0.15) is 0 Å². The first kappa shape index (κ1) is 13.4. The fraction of sp³-hybridized carbons (Fsp3) is 0.267. The van der Waals surface area contributed by atoms with Gasteiger partial charge in [-0.1, -0.05) is 30.3 Å². The summed E-state index contributed by atoms with van der Waals surface area (Å²) in [7, 11) is 1.72. The zero-order chi connectivity index (χ0) is 13.7. The summed E-state index contributed by atoms with van der Waals surface area (Å²) in [6, 6.07) is 14.1. The van der Waals surface area contributed by atoms with Crippen molar-refractivity contribution in [3.63, 3.8) is 0 Å². The van der Waals surface area contributed by atoms with Crippen LogP contribution >= 0.6 is 0 Å². The molecule has 2 rings (SSSR count). The standard InChI is InChI=1S/C15H18N2O2/c1-17(15(18)11-16)8-9-19-14-7-6-12-4-2-3-5-13(12)10-14/h2-7,10H,8-9,11,16H2,1H3. The molecule has 0 radical (unpaired) electrons. The molecule has 2 N–H and O–H groups in total. The van der Waals surface area contributed by atoms with E-state index in [1.165, 1.54) is 5.39 Å². The lowest BCUT2D eigenvalue weighted by Gasteiger charge is -2.16. The fourth-order valence-electron chi connectivity index (χ4n) is 1.84. The van der Waals surface area contributed by atoms with Gasteiger partial charge in [0.2, 0.25) is 5.91 Å². The summed E-state index contributed by atoms with van der Waals surface area (Å²) in [5.41, 5.74) is 5.29. The van der Waals surface area contributed by atoms with Gasteiger partial charge in [-0.2, -0.15) is 0 Å². The molecular formula is C15H18N2O2. The fourth-order valence-corrected chi connectivity index (χ4v) is 1.84. The SMILES string of the molecule is CN(CCOc1ccc2ccccc2c1)C(=O)CN. The normalized spacial score (nSPS) is 10.4. The van der Waals surface area contributed by atoms with Gasteiger partial charge < -0.3 is 15.4 Å². The zero-order valence-electron chi connectivity index (χ0n) is 11.0. The highest BCUT2D eigenvalue weighted by molar-refractivity contribution is 5.83. The van der Waals surface area contributed by atoms with Crippen molar-refractivity contribution in [2.24, 2.45) is 5.73 Å². The van der Waals surface area contributed by atoms with Crippen LogP contribution in [0, 0.1) is 0 Å². The largest absolute Gasteiger partial charge is 0.492 e. The number of amides is 1. The van der Waals surface area contributed by atoms with Crippen molar-refractivity contribution in [1.82, 2.24) is 4.90 Å². The Kier molecular flexibility index (Phi) is 4.36. The number of hydrogen-bond acceptors (Lipinski definition) is 3. The molecule has 1 amide bonds. The highest BCUT2D eigenvalue weighted by Gasteiger charge is 2.05. The van der Waals surface area contributed by atoms with E-state index in [0.717, 1.165) is 11.1 Å². The Hall–Kier alpha value is -2.07. The van der Waals surface area contributed by atoms with E-state index in [-0.39, 0.29) is 12.5 Å². The second-order valence-electron chi connectivity index (χ2n) is 4.38. The van der Waals surface area contributed by atoms with Crippen molar-refractivity contribution in [1.29, 1.82) is 0 Å². The van der Waals surface area contributed by atoms with Crippen LogP contribution in [0.3, 0.4) is 0 Å². The van der Waals surface area contributed by atoms with Crippen LogP contribution in [0.5, 0.6) is 5.75 Å². The number of benzene rings is 2. The van der Waals surface area contributed by atoms with Crippen LogP contribution < -0.4 is 10.5 Å². The van der Waals surface area contributed by atoms with E-state index in [1.807, 2.05) is 36.4 Å². The maximum Gasteiger partial charge on any atom is 0.236 e. The van der Waals surface area contributed by atoms with Crippen LogP contribution in [0.15, 0.2) is 42.5 Å². The van der Waals surface area contributed by atoms with Crippen molar-refractivity contribution in [3.8, 4) is 5.75 Å². The van der Waals surface area contributed by atoms with E-state index in [4.69, 9.17) is 10.5 Å². The average Bonchev–Trinajstić information content (AvgIpc) is 2.46. The molecule has 2 aromatic carbocycles. The second-order valence-corrected chi connectivity index (χ2v) is 4.38. The highest BCUT2D eigenvalue weighted by Crippen LogP contribution is 2.20. The third-order valence-corrected chi connectivity index (χ3v) is 3.02. The van der Waals surface area contributed by atoms with Gasteiger partial charge in [0.1, 0.15) is 12.4 Å². The molecule has 0 heterocycles. The topological polar surface area (TPSA) is 55.6 Å². The molecule has 0 spiro atoms. The monoisotopic (exact) mass is 258 g/mol. The van der Waals surface area contributed by atoms with Crippen molar-refractivity contribution in [3.05, 3.63) is 42.5 Å². The molecule has 4 heteroatoms. The molecule has 0 unspecified atom stereocenters. The number of nitrogens with two attached hydrogens (primary N) is 1. The van der Waals surface area contributed by atoms with Crippen molar-refractivity contribution in [2.45, 2.75) is 0 Å². The Morgan fingerprint density at radius 1 is 1.21 bits per heavy atom. The Bertz CT molecular complexity index is 569. The molecule has 4 nitrogen and oxygen atoms in total. The van der Waals surface area contributed by atoms with Gasteiger partial charge in [-0.3, -0.25) is 4.79 Å². The Morgan fingerprint density at radius 3 is 2.68 bits per heavy atom. The van der Waals surface area contributed by atoms with Crippen LogP contribution in [0.2, 0.25) is 0 Å². The molecular weight excluding hydrogens is 240 g/mol. The van der Waals surface area contributed by atoms with E-state index >= 15 is 0 Å². The van der Waals surface area contributed by atoms with E-state index in [1.54, 1.807) is 11.9 Å². The van der Waals surface area contributed by atoms with Crippen molar-refractivity contribution in [2.75, 3.05) is 26.7 Å². The van der Waals surface area contributed by atoms with E-state index in [0.29, 0.717) is 13.2 Å². The molecule has 0 aliphatic heterocycles. The summed E-state index contributed by atoms with van der Waals surface area (Å²) in [6.07, 6.45) is 0. The number of likely N-dealkylation sites (N-methyl/N-ethyl adjacent to an activating group) is 1. The quantitative estimate of drug-likeness (QED) is 0.887. The molecule has 0 atom stereocenters. The first-order valence-corrected chi connectivity index (χ1v) is 6.26. The van der Waals surface area contributed by atoms with Crippen LogP contribution in [-0.4, -0.2) is 37.6 Å². The van der Waals surface area contributed by atoms with Gasteiger partial charge in [-0.15, -0.1) is 0 Å². The van der Waals surface area contributed by atoms with Crippen molar-refractivity contribution < 1.29 is 9.53 Å². The van der Waals surface area contributed by atoms with Gasteiger partial charge in [0.15, 0.2) is 0 Å². The van der Waals surface area contributed by atoms with E-state index in [2.05, 4.69) is 6.07 Å². The highest BCUT2D eigenvalue weighted by atomic mass is 16.5. The third kappa shape index (κ3) is 3.45. The second kappa shape index (κ2) is 6.20. The van der Waals surface area contributed by atoms with Crippen LogP contribution in [-0.2, 0) is 4.79 Å². The lowest BCUT2D eigenvalue weighted by Crippen LogP contribution is -2.35. The van der Waals surface area contributed by atoms with Crippen LogP contribution in [0.4, 0.5) is 0 Å².